The fourth-order valence-corrected chi connectivity index (χ4v) is 2.56. The van der Waals surface area contributed by atoms with Crippen molar-refractivity contribution in [2.75, 3.05) is 13.2 Å². The Bertz CT molecular complexity index is 525. The van der Waals surface area contributed by atoms with Gasteiger partial charge < -0.3 is 15.2 Å². The molecule has 0 radical (unpaired) electrons. The maximum absolute atomic E-state index is 9.92. The van der Waals surface area contributed by atoms with E-state index in [1.807, 2.05) is 32.0 Å². The van der Waals surface area contributed by atoms with Crippen LogP contribution < -0.4 is 10.1 Å². The highest BCUT2D eigenvalue weighted by molar-refractivity contribution is 7.09. The molecule has 4 heteroatoms. The number of aliphatic hydroxyl groups excluding tert-OH is 1. The number of benzene rings is 1. The van der Waals surface area contributed by atoms with E-state index in [-0.39, 0.29) is 0 Å². The number of thiophene rings is 1. The van der Waals surface area contributed by atoms with E-state index < -0.39 is 6.10 Å². The Morgan fingerprint density at radius 3 is 2.90 bits per heavy atom. The summed E-state index contributed by atoms with van der Waals surface area (Å²) in [7, 11) is 0. The Balaban J connectivity index is 1.71. The first-order valence-corrected chi connectivity index (χ1v) is 7.64. The zero-order valence-corrected chi connectivity index (χ0v) is 12.7. The molecule has 0 fully saturated rings. The van der Waals surface area contributed by atoms with Crippen LogP contribution in [0, 0.1) is 13.8 Å². The first-order valence-electron chi connectivity index (χ1n) is 6.76. The van der Waals surface area contributed by atoms with Gasteiger partial charge in [-0.3, -0.25) is 0 Å². The number of aryl methyl sites for hydroxylation is 2. The number of rotatable bonds is 7. The summed E-state index contributed by atoms with van der Waals surface area (Å²) < 4.78 is 5.68. The molecule has 2 rings (SSSR count). The van der Waals surface area contributed by atoms with Crippen molar-refractivity contribution >= 4 is 11.3 Å². The normalized spacial score (nSPS) is 12.3. The summed E-state index contributed by atoms with van der Waals surface area (Å²) in [5.74, 6) is 0.849. The standard InChI is InChI=1S/C16H21NO2S/c1-12-5-6-13(2)16(8-12)19-11-14(18)9-17-10-15-4-3-7-20-15/h3-8,14,17-18H,9-11H2,1-2H3. The van der Waals surface area contributed by atoms with Crippen molar-refractivity contribution in [3.63, 3.8) is 0 Å². The second-order valence-corrected chi connectivity index (χ2v) is 5.98. The van der Waals surface area contributed by atoms with E-state index in [1.54, 1.807) is 11.3 Å². The molecule has 0 amide bonds. The van der Waals surface area contributed by atoms with Crippen molar-refractivity contribution in [2.45, 2.75) is 26.5 Å². The summed E-state index contributed by atoms with van der Waals surface area (Å²) in [5, 5.41) is 15.2. The Hall–Kier alpha value is -1.36. The lowest BCUT2D eigenvalue weighted by atomic mass is 10.1. The van der Waals surface area contributed by atoms with Crippen LogP contribution in [0.4, 0.5) is 0 Å². The SMILES string of the molecule is Cc1ccc(C)c(OCC(O)CNCc2cccs2)c1. The van der Waals surface area contributed by atoms with Crippen molar-refractivity contribution in [3.05, 3.63) is 51.7 Å². The predicted molar refractivity (Wildman–Crippen MR) is 83.4 cm³/mol. The molecule has 1 atom stereocenters. The Morgan fingerprint density at radius 2 is 2.15 bits per heavy atom. The summed E-state index contributed by atoms with van der Waals surface area (Å²) in [6.07, 6.45) is -0.505. The van der Waals surface area contributed by atoms with Gasteiger partial charge in [0.2, 0.25) is 0 Å². The molecule has 0 aliphatic carbocycles. The summed E-state index contributed by atoms with van der Waals surface area (Å²) in [4.78, 5) is 1.27. The van der Waals surface area contributed by atoms with Crippen LogP contribution in [-0.2, 0) is 6.54 Å². The molecular formula is C16H21NO2S. The monoisotopic (exact) mass is 291 g/mol. The Morgan fingerprint density at radius 1 is 1.30 bits per heavy atom. The van der Waals surface area contributed by atoms with Crippen LogP contribution in [0.2, 0.25) is 0 Å². The molecule has 1 unspecified atom stereocenters. The van der Waals surface area contributed by atoms with Crippen LogP contribution >= 0.6 is 11.3 Å². The van der Waals surface area contributed by atoms with E-state index in [1.165, 1.54) is 4.88 Å². The largest absolute Gasteiger partial charge is 0.491 e. The first kappa shape index (κ1) is 15.0. The van der Waals surface area contributed by atoms with Gasteiger partial charge in [0.05, 0.1) is 0 Å². The zero-order valence-electron chi connectivity index (χ0n) is 11.9. The molecule has 0 saturated carbocycles. The van der Waals surface area contributed by atoms with E-state index in [0.717, 1.165) is 23.4 Å². The fraction of sp³-hybridized carbons (Fsp3) is 0.375. The third kappa shape index (κ3) is 4.63. The number of aliphatic hydroxyl groups is 1. The van der Waals surface area contributed by atoms with Crippen LogP contribution in [0.15, 0.2) is 35.7 Å². The molecule has 0 saturated heterocycles. The maximum Gasteiger partial charge on any atom is 0.122 e. The topological polar surface area (TPSA) is 41.5 Å². The summed E-state index contributed by atoms with van der Waals surface area (Å²) in [6, 6.07) is 10.2. The summed E-state index contributed by atoms with van der Waals surface area (Å²) >= 11 is 1.71. The van der Waals surface area contributed by atoms with Gasteiger partial charge in [-0.15, -0.1) is 11.3 Å². The lowest BCUT2D eigenvalue weighted by molar-refractivity contribution is 0.106. The van der Waals surface area contributed by atoms with Crippen molar-refractivity contribution < 1.29 is 9.84 Å². The second kappa shape index (κ2) is 7.43. The van der Waals surface area contributed by atoms with Gasteiger partial charge in [-0.2, -0.15) is 0 Å². The van der Waals surface area contributed by atoms with Crippen LogP contribution in [0.3, 0.4) is 0 Å². The number of hydrogen-bond donors (Lipinski definition) is 2. The quantitative estimate of drug-likeness (QED) is 0.824. The molecule has 2 aromatic rings. The van der Waals surface area contributed by atoms with Gasteiger partial charge >= 0.3 is 0 Å². The van der Waals surface area contributed by atoms with Crippen molar-refractivity contribution in [1.82, 2.24) is 5.32 Å². The molecule has 3 nitrogen and oxygen atoms in total. The Kier molecular flexibility index (Phi) is 5.59. The van der Waals surface area contributed by atoms with Gasteiger partial charge in [-0.05, 0) is 42.5 Å². The summed E-state index contributed by atoms with van der Waals surface area (Å²) in [6.45, 7) is 5.67. The molecule has 1 aromatic heterocycles. The summed E-state index contributed by atoms with van der Waals surface area (Å²) in [5.41, 5.74) is 2.25. The van der Waals surface area contributed by atoms with Gasteiger partial charge in [-0.1, -0.05) is 18.2 Å². The minimum absolute atomic E-state index is 0.307. The molecule has 1 aromatic carbocycles. The molecule has 2 N–H and O–H groups in total. The molecule has 1 heterocycles. The van der Waals surface area contributed by atoms with Crippen molar-refractivity contribution in [2.24, 2.45) is 0 Å². The van der Waals surface area contributed by atoms with E-state index >= 15 is 0 Å². The van der Waals surface area contributed by atoms with Gasteiger partial charge in [0, 0.05) is 18.0 Å². The predicted octanol–water partition coefficient (Wildman–Crippen LogP) is 2.89. The van der Waals surface area contributed by atoms with E-state index in [9.17, 15) is 5.11 Å². The minimum atomic E-state index is -0.505. The van der Waals surface area contributed by atoms with E-state index in [0.29, 0.717) is 13.2 Å². The number of ether oxygens (including phenoxy) is 1. The smallest absolute Gasteiger partial charge is 0.122 e. The highest BCUT2D eigenvalue weighted by atomic mass is 32.1. The highest BCUT2D eigenvalue weighted by Crippen LogP contribution is 2.19. The van der Waals surface area contributed by atoms with Crippen LogP contribution in [0.5, 0.6) is 5.75 Å². The third-order valence-corrected chi connectivity index (χ3v) is 3.91. The van der Waals surface area contributed by atoms with E-state index in [4.69, 9.17) is 4.74 Å². The molecule has 0 aliphatic rings. The number of nitrogens with one attached hydrogen (secondary N) is 1. The van der Waals surface area contributed by atoms with Gasteiger partial charge in [-0.25, -0.2) is 0 Å². The van der Waals surface area contributed by atoms with Crippen molar-refractivity contribution in [1.29, 1.82) is 0 Å². The van der Waals surface area contributed by atoms with Gasteiger partial charge in [0.25, 0.3) is 0 Å². The maximum atomic E-state index is 9.92. The van der Waals surface area contributed by atoms with Crippen LogP contribution in [0.1, 0.15) is 16.0 Å². The fourth-order valence-electron chi connectivity index (χ4n) is 1.88. The first-order chi connectivity index (χ1) is 9.65. The van der Waals surface area contributed by atoms with Gasteiger partial charge in [0.1, 0.15) is 18.5 Å². The third-order valence-electron chi connectivity index (χ3n) is 3.03. The zero-order chi connectivity index (χ0) is 14.4. The molecule has 0 spiro atoms. The lowest BCUT2D eigenvalue weighted by Gasteiger charge is -2.14. The van der Waals surface area contributed by atoms with Crippen LogP contribution in [-0.4, -0.2) is 24.4 Å². The lowest BCUT2D eigenvalue weighted by Crippen LogP contribution is -2.31. The average molecular weight is 291 g/mol. The molecule has 20 heavy (non-hydrogen) atoms. The van der Waals surface area contributed by atoms with E-state index in [2.05, 4.69) is 22.8 Å². The van der Waals surface area contributed by atoms with Crippen LogP contribution in [0.25, 0.3) is 0 Å². The molecule has 108 valence electrons. The Labute approximate surface area is 124 Å². The number of hydrogen-bond acceptors (Lipinski definition) is 4. The molecule has 0 bridgehead atoms. The average Bonchev–Trinajstić information content (AvgIpc) is 2.93. The van der Waals surface area contributed by atoms with Gasteiger partial charge in [0.15, 0.2) is 0 Å². The molecule has 0 aliphatic heterocycles. The molecular weight excluding hydrogens is 270 g/mol. The second-order valence-electron chi connectivity index (χ2n) is 4.94. The minimum Gasteiger partial charge on any atom is -0.491 e. The highest BCUT2D eigenvalue weighted by Gasteiger charge is 2.07. The van der Waals surface area contributed by atoms with Crippen molar-refractivity contribution in [3.8, 4) is 5.75 Å².